The third kappa shape index (κ3) is 15.8. The summed E-state index contributed by atoms with van der Waals surface area (Å²) >= 11 is 0. The first-order valence-corrected chi connectivity index (χ1v) is 53.2. The van der Waals surface area contributed by atoms with E-state index in [9.17, 15) is 33.9 Å². The third-order valence-corrected chi connectivity index (χ3v) is 45.2. The van der Waals surface area contributed by atoms with E-state index in [2.05, 4.69) is 271 Å². The smallest absolute Gasteiger partial charge is 0.373 e. The molecule has 0 bridgehead atoms. The number of amides is 3. The summed E-state index contributed by atoms with van der Waals surface area (Å²) in [5.41, 5.74) is 16.8. The Balaban J connectivity index is 0.000000151. The maximum atomic E-state index is 14.1. The molecule has 12 nitrogen and oxygen atoms in total. The summed E-state index contributed by atoms with van der Waals surface area (Å²) in [6, 6.07) is 29.5. The van der Waals surface area contributed by atoms with Crippen molar-refractivity contribution in [2.45, 2.75) is 345 Å². The van der Waals surface area contributed by atoms with Crippen molar-refractivity contribution in [2.24, 2.45) is 170 Å². The van der Waals surface area contributed by atoms with Gasteiger partial charge in [0.15, 0.2) is 0 Å². The topological polar surface area (TPSA) is 193 Å². The van der Waals surface area contributed by atoms with Crippen LogP contribution in [-0.2, 0) is 38.4 Å². The lowest BCUT2D eigenvalue weighted by molar-refractivity contribution is -0.225. The van der Waals surface area contributed by atoms with Crippen molar-refractivity contribution in [3.63, 3.8) is 0 Å². The molecule has 0 heterocycles. The molecule has 12 saturated carbocycles. The molecule has 134 heavy (non-hydrogen) atoms. The highest BCUT2D eigenvalue weighted by atomic mass is 16.4. The van der Waals surface area contributed by atoms with Crippen molar-refractivity contribution in [1.82, 2.24) is 16.0 Å². The average Bonchev–Trinajstić information content (AvgIpc) is 1.21. The molecule has 0 unspecified atom stereocenters. The number of Topliss-reactive ketones (excluding diaryl/α,β-unsaturated/α-hetero) is 2. The number of hydrogen-bond acceptors (Lipinski definition) is 8. The van der Waals surface area contributed by atoms with Gasteiger partial charge in [0.1, 0.15) is 11.6 Å². The molecule has 15 aliphatic rings. The number of aryl methyl sites for hydroxylation is 2. The normalized spacial score (nSPS) is 41.5. The minimum Gasteiger partial charge on any atom is -0.481 e. The predicted molar refractivity (Wildman–Crippen MR) is 543 cm³/mol. The molecule has 12 fully saturated rings. The summed E-state index contributed by atoms with van der Waals surface area (Å²) in [5.74, 6) is 7.77. The van der Waals surface area contributed by atoms with Crippen molar-refractivity contribution in [2.75, 3.05) is 19.6 Å². The number of benzene rings is 3. The van der Waals surface area contributed by atoms with Gasteiger partial charge in [-0.25, -0.2) is 0 Å². The highest BCUT2D eigenvalue weighted by Crippen LogP contribution is 2.83. The fourth-order valence-electron chi connectivity index (χ4n) is 38.5. The van der Waals surface area contributed by atoms with Crippen LogP contribution < -0.4 is 16.0 Å². The lowest BCUT2D eigenvalue weighted by atomic mass is 9.32. The molecule has 730 valence electrons. The fraction of sp³-hybridized carbons (Fsp3) is 0.697. The Labute approximate surface area is 808 Å². The second-order valence-corrected chi connectivity index (χ2v) is 51.7. The van der Waals surface area contributed by atoms with Gasteiger partial charge in [0.25, 0.3) is 0 Å². The van der Waals surface area contributed by atoms with E-state index in [0.29, 0.717) is 115 Å². The van der Waals surface area contributed by atoms with E-state index in [1.54, 1.807) is 25.0 Å². The van der Waals surface area contributed by atoms with Crippen LogP contribution in [-0.4, -0.2) is 66.1 Å². The first-order valence-electron chi connectivity index (χ1n) is 53.2. The number of aliphatic carboxylic acids is 1. The summed E-state index contributed by atoms with van der Waals surface area (Å²) in [4.78, 5) is 93.0. The van der Waals surface area contributed by atoms with Gasteiger partial charge in [-0.15, -0.1) is 0 Å². The number of ketones is 2. The summed E-state index contributed by atoms with van der Waals surface area (Å²) < 4.78 is 0. The molecular formula is C122H173N3O9. The SMILES string of the molecule is C=C(C)[C@@H]1CC[C@]2(C(=O)NCCC(=O)O)CC[C@]3(C)[C@H](CC[C@@H]4[C@@]5(C)CC=C(c6ccc(C)cc6)C(C)(C)[C@@H]5CC[C@]43C)[C@@H]12.C=C(C)[C@@H]1CC[C@]2(C(=O)NCCC(C)=O)CC[C@]3(C)[C@H](CC[C@@H]4[C@@]5(C)CC=C(c6ccc(C)cc6)C(C)(C)[C@@H]5CC[C@]43C)[C@@H]12.C=C(C)[C@@H]1CC[C@]2(C(=O)NCCC(C)=O)CC[C@]3(C)[C@H](CC[C@@H]4[C@@]5(C)CC=C(c6ccccc6)C(C)(C)[C@@H]5CC[C@]43C)[C@@H]12.O=C=O. The maximum Gasteiger partial charge on any atom is 0.373 e. The summed E-state index contributed by atoms with van der Waals surface area (Å²) in [5, 5.41) is 18.8. The second-order valence-electron chi connectivity index (χ2n) is 51.7. The van der Waals surface area contributed by atoms with Crippen molar-refractivity contribution in [1.29, 1.82) is 0 Å². The van der Waals surface area contributed by atoms with Gasteiger partial charge in [0.05, 0.1) is 22.7 Å². The van der Waals surface area contributed by atoms with Crippen LogP contribution in [0.2, 0.25) is 0 Å². The molecule has 0 spiro atoms. The predicted octanol–water partition coefficient (Wildman–Crippen LogP) is 27.8. The Bertz CT molecular complexity index is 4960. The largest absolute Gasteiger partial charge is 0.481 e. The Morgan fingerprint density at radius 3 is 0.866 bits per heavy atom. The van der Waals surface area contributed by atoms with E-state index in [4.69, 9.17) is 9.59 Å². The fourth-order valence-corrected chi connectivity index (χ4v) is 38.5. The Kier molecular flexibility index (Phi) is 27.5. The Morgan fingerprint density at radius 1 is 0.336 bits per heavy atom. The van der Waals surface area contributed by atoms with E-state index < -0.39 is 11.4 Å². The molecule has 15 aliphatic carbocycles. The van der Waals surface area contributed by atoms with Gasteiger partial charge in [0, 0.05) is 32.5 Å². The summed E-state index contributed by atoms with van der Waals surface area (Å²) in [6.07, 6.45) is 39.8. The molecule has 27 atom stereocenters. The van der Waals surface area contributed by atoms with E-state index in [1.165, 1.54) is 140 Å². The number of rotatable bonds is 18. The minimum absolute atomic E-state index is 0.0204. The van der Waals surface area contributed by atoms with Gasteiger partial charge in [-0.1, -0.05) is 249 Å². The van der Waals surface area contributed by atoms with Gasteiger partial charge in [-0.05, 0) is 409 Å². The second kappa shape index (κ2) is 36.4. The van der Waals surface area contributed by atoms with E-state index in [1.807, 2.05) is 0 Å². The van der Waals surface area contributed by atoms with Crippen LogP contribution >= 0.6 is 0 Å². The first kappa shape index (κ1) is 101. The highest BCUT2D eigenvalue weighted by molar-refractivity contribution is 5.87. The van der Waals surface area contributed by atoms with Crippen molar-refractivity contribution < 1.29 is 43.5 Å². The zero-order valence-electron chi connectivity index (χ0n) is 87.1. The third-order valence-electron chi connectivity index (χ3n) is 45.2. The quantitative estimate of drug-likeness (QED) is 0.0897. The van der Waals surface area contributed by atoms with Crippen LogP contribution in [0, 0.1) is 184 Å². The number of allylic oxidation sites excluding steroid dienone is 9. The van der Waals surface area contributed by atoms with Crippen LogP contribution in [0.25, 0.3) is 16.7 Å². The molecule has 0 aromatic heterocycles. The Hall–Kier alpha value is -7.30. The van der Waals surface area contributed by atoms with Gasteiger partial charge < -0.3 is 21.1 Å². The highest BCUT2D eigenvalue weighted by Gasteiger charge is 2.76. The standard InChI is InChI=1S/C41H59NO2.C40H57NO3.C40H57NO2.CO2/c1-26(2)30-16-22-41(36(44)42-25-19-28(4)43)24-23-39(8)32(35(30)41)14-15-34-38(7)20-17-31(29-12-10-27(3)11-13-29)37(5,6)33(38)18-21-40(34,39)9;1-25(2)28-15-21-40(35(44)41-24-18-33(42)43)23-22-38(7)30(34(28)40)13-14-32-37(6)19-16-29(27-11-9-26(3)10-12-27)36(4,5)31(37)17-20-39(32,38)8;1-26(2)29-16-22-40(35(43)41-25-19-27(3)42)24-23-38(7)31(34(29)40)14-15-33-37(6)20-17-30(28-12-10-9-11-13-28)36(4,5)32(37)18-21-39(33,38)8;2-1-3/h10-13,17,30,32-35H,1,14-16,18-25H2,2-9H3,(H,42,44);9-12,16,28,30-32,34H,1,13-15,17-24H2,2-8H3,(H,41,44)(H,42,43);9-13,17,29,31-34H,1,14-16,18-25H2,2-8H3,(H,41,43);/t30-,32+,33-,34+,35+,38-,39+,40+,41-;28-,30+,31-,32+,34+,37-,38+,39+,40-;29-,31+,32-,33+,34+,37-,38+,39+,40-;/m000./s1. The molecule has 0 aliphatic heterocycles. The van der Waals surface area contributed by atoms with Gasteiger partial charge in [-0.2, -0.15) is 9.59 Å². The molecule has 0 saturated heterocycles. The average molecular weight is 1830 g/mol. The number of carboxylic acid groups (broad SMARTS) is 1. The monoisotopic (exact) mass is 1820 g/mol. The minimum atomic E-state index is -0.858. The number of hydrogen-bond donors (Lipinski definition) is 4. The van der Waals surface area contributed by atoms with E-state index in [0.717, 1.165) is 83.5 Å². The van der Waals surface area contributed by atoms with Crippen molar-refractivity contribution >= 4 is 58.1 Å². The number of nitrogens with one attached hydrogen (secondary N) is 3. The number of carboxylic acids is 1. The maximum absolute atomic E-state index is 14.1. The zero-order chi connectivity index (χ0) is 97.5. The van der Waals surface area contributed by atoms with Crippen molar-refractivity contribution in [3.05, 3.63) is 161 Å². The lowest BCUT2D eigenvalue weighted by Gasteiger charge is -2.72. The lowest BCUT2D eigenvalue weighted by Crippen LogP contribution is -2.66. The van der Waals surface area contributed by atoms with Crippen molar-refractivity contribution in [3.8, 4) is 0 Å². The summed E-state index contributed by atoms with van der Waals surface area (Å²) in [7, 11) is 0. The summed E-state index contributed by atoms with van der Waals surface area (Å²) in [6.45, 7) is 67.9. The first-order chi connectivity index (χ1) is 62.9. The molecule has 3 aromatic rings. The van der Waals surface area contributed by atoms with Crippen LogP contribution in [0.1, 0.15) is 359 Å². The van der Waals surface area contributed by atoms with E-state index >= 15 is 0 Å². The van der Waals surface area contributed by atoms with E-state index in [-0.39, 0.29) is 124 Å². The molecule has 18 rings (SSSR count). The number of carbonyl (C=O) groups is 6. The Morgan fingerprint density at radius 2 is 0.604 bits per heavy atom. The number of fused-ring (bicyclic) bond motifs is 21. The van der Waals surface area contributed by atoms with Crippen LogP contribution in [0.5, 0.6) is 0 Å². The number of carbonyl (C=O) groups excluding carboxylic acids is 7. The molecule has 0 radical (unpaired) electrons. The molecule has 3 amide bonds. The zero-order valence-corrected chi connectivity index (χ0v) is 87.1. The molecule has 4 N–H and O–H groups in total. The van der Waals surface area contributed by atoms with Gasteiger partial charge >= 0.3 is 12.1 Å². The molecule has 3 aromatic carbocycles. The van der Waals surface area contributed by atoms with Crippen LogP contribution in [0.15, 0.2) is 134 Å². The van der Waals surface area contributed by atoms with Crippen LogP contribution in [0.4, 0.5) is 0 Å². The molecular weight excluding hydrogens is 1650 g/mol. The van der Waals surface area contributed by atoms with Gasteiger partial charge in [-0.3, -0.25) is 28.8 Å². The van der Waals surface area contributed by atoms with Gasteiger partial charge in [0.2, 0.25) is 17.7 Å². The van der Waals surface area contributed by atoms with Crippen LogP contribution in [0.3, 0.4) is 0 Å². The molecule has 12 heteroatoms.